The average molecular weight is 183 g/mol. The first kappa shape index (κ1) is 11.0. The Morgan fingerprint density at radius 2 is 1.92 bits per heavy atom. The van der Waals surface area contributed by atoms with Crippen molar-refractivity contribution >= 4 is 0 Å². The molecule has 13 heavy (non-hydrogen) atoms. The van der Waals surface area contributed by atoms with Gasteiger partial charge in [0.1, 0.15) is 0 Å². The van der Waals surface area contributed by atoms with Crippen molar-refractivity contribution in [1.29, 1.82) is 0 Å². The second-order valence-corrected chi connectivity index (χ2v) is 4.99. The van der Waals surface area contributed by atoms with Gasteiger partial charge < -0.3 is 5.32 Å². The van der Waals surface area contributed by atoms with Crippen LogP contribution < -0.4 is 5.32 Å². The van der Waals surface area contributed by atoms with E-state index in [0.717, 1.165) is 5.41 Å². The zero-order valence-corrected chi connectivity index (χ0v) is 9.53. The summed E-state index contributed by atoms with van der Waals surface area (Å²) in [5.41, 5.74) is 0.722. The van der Waals surface area contributed by atoms with Crippen LogP contribution in [0.25, 0.3) is 0 Å². The van der Waals surface area contributed by atoms with Gasteiger partial charge >= 0.3 is 0 Å². The van der Waals surface area contributed by atoms with Crippen molar-refractivity contribution in [3.05, 3.63) is 0 Å². The summed E-state index contributed by atoms with van der Waals surface area (Å²) in [6, 6.07) is 0.656. The summed E-state index contributed by atoms with van der Waals surface area (Å²) in [5, 5.41) is 3.58. The van der Waals surface area contributed by atoms with Crippen molar-refractivity contribution in [2.45, 2.75) is 65.3 Å². The standard InChI is InChI=1S/C12H25N/c1-4-5-6-7-12(8-9-12)10-13-11(2)3/h11,13H,4-10H2,1-3H3. The van der Waals surface area contributed by atoms with Crippen LogP contribution >= 0.6 is 0 Å². The molecule has 0 heterocycles. The third-order valence-corrected chi connectivity index (χ3v) is 3.15. The lowest BCUT2D eigenvalue weighted by atomic mass is 9.98. The maximum Gasteiger partial charge on any atom is 0.00106 e. The highest BCUT2D eigenvalue weighted by molar-refractivity contribution is 4.94. The molecule has 0 aliphatic heterocycles. The fraction of sp³-hybridized carbons (Fsp3) is 1.00. The first-order valence-electron chi connectivity index (χ1n) is 5.92. The van der Waals surface area contributed by atoms with Gasteiger partial charge in [0, 0.05) is 12.6 Å². The van der Waals surface area contributed by atoms with Crippen LogP contribution in [0.3, 0.4) is 0 Å². The summed E-state index contributed by atoms with van der Waals surface area (Å²) < 4.78 is 0. The van der Waals surface area contributed by atoms with Crippen LogP contribution in [0.5, 0.6) is 0 Å². The van der Waals surface area contributed by atoms with Gasteiger partial charge in [0.2, 0.25) is 0 Å². The highest BCUT2D eigenvalue weighted by Gasteiger charge is 2.41. The van der Waals surface area contributed by atoms with Gasteiger partial charge in [-0.3, -0.25) is 0 Å². The normalized spacial score (nSPS) is 19.4. The Bertz CT molecular complexity index is 136. The van der Waals surface area contributed by atoms with E-state index in [0.29, 0.717) is 6.04 Å². The van der Waals surface area contributed by atoms with Gasteiger partial charge in [-0.15, -0.1) is 0 Å². The van der Waals surface area contributed by atoms with E-state index in [-0.39, 0.29) is 0 Å². The molecule has 1 heteroatoms. The molecule has 1 aliphatic rings. The van der Waals surface area contributed by atoms with Crippen molar-refractivity contribution in [2.24, 2.45) is 5.41 Å². The molecule has 0 aromatic heterocycles. The highest BCUT2D eigenvalue weighted by atomic mass is 14.9. The van der Waals surface area contributed by atoms with Crippen molar-refractivity contribution in [3.8, 4) is 0 Å². The highest BCUT2D eigenvalue weighted by Crippen LogP contribution is 2.49. The quantitative estimate of drug-likeness (QED) is 0.597. The van der Waals surface area contributed by atoms with Crippen LogP contribution in [0.2, 0.25) is 0 Å². The molecule has 0 unspecified atom stereocenters. The van der Waals surface area contributed by atoms with Gasteiger partial charge in [-0.2, -0.15) is 0 Å². The van der Waals surface area contributed by atoms with Crippen LogP contribution in [0.15, 0.2) is 0 Å². The summed E-state index contributed by atoms with van der Waals surface area (Å²) in [4.78, 5) is 0. The molecule has 1 saturated carbocycles. The van der Waals surface area contributed by atoms with Crippen LogP contribution in [0.1, 0.15) is 59.3 Å². The topological polar surface area (TPSA) is 12.0 Å². The molecular formula is C12H25N. The van der Waals surface area contributed by atoms with Crippen LogP contribution in [-0.4, -0.2) is 12.6 Å². The summed E-state index contributed by atoms with van der Waals surface area (Å²) >= 11 is 0. The minimum atomic E-state index is 0.656. The summed E-state index contributed by atoms with van der Waals surface area (Å²) in [6.45, 7) is 8.02. The van der Waals surface area contributed by atoms with E-state index in [1.54, 1.807) is 0 Å². The van der Waals surface area contributed by atoms with E-state index in [1.807, 2.05) is 0 Å². The molecule has 78 valence electrons. The van der Waals surface area contributed by atoms with Gasteiger partial charge in [-0.25, -0.2) is 0 Å². The SMILES string of the molecule is CCCCCC1(CNC(C)C)CC1. The maximum absolute atomic E-state index is 3.58. The minimum Gasteiger partial charge on any atom is -0.314 e. The van der Waals surface area contributed by atoms with E-state index in [2.05, 4.69) is 26.1 Å². The second-order valence-electron chi connectivity index (χ2n) is 4.99. The molecular weight excluding hydrogens is 158 g/mol. The Morgan fingerprint density at radius 1 is 1.23 bits per heavy atom. The van der Waals surface area contributed by atoms with Crippen molar-refractivity contribution in [3.63, 3.8) is 0 Å². The van der Waals surface area contributed by atoms with Gasteiger partial charge in [-0.1, -0.05) is 40.0 Å². The van der Waals surface area contributed by atoms with Crippen molar-refractivity contribution in [2.75, 3.05) is 6.54 Å². The molecule has 1 aliphatic carbocycles. The Morgan fingerprint density at radius 3 is 2.38 bits per heavy atom. The minimum absolute atomic E-state index is 0.656. The lowest BCUT2D eigenvalue weighted by Gasteiger charge is -2.17. The third-order valence-electron chi connectivity index (χ3n) is 3.15. The van der Waals surface area contributed by atoms with Gasteiger partial charge in [0.05, 0.1) is 0 Å². The van der Waals surface area contributed by atoms with E-state index in [9.17, 15) is 0 Å². The van der Waals surface area contributed by atoms with E-state index >= 15 is 0 Å². The molecule has 0 saturated heterocycles. The number of hydrogen-bond donors (Lipinski definition) is 1. The molecule has 0 radical (unpaired) electrons. The zero-order valence-electron chi connectivity index (χ0n) is 9.53. The van der Waals surface area contributed by atoms with Crippen molar-refractivity contribution < 1.29 is 0 Å². The Labute approximate surface area is 83.3 Å². The first-order chi connectivity index (χ1) is 6.18. The predicted molar refractivity (Wildman–Crippen MR) is 58.9 cm³/mol. The molecule has 1 fully saturated rings. The average Bonchev–Trinajstić information content (AvgIpc) is 2.83. The molecule has 1 N–H and O–H groups in total. The lowest BCUT2D eigenvalue weighted by molar-refractivity contribution is 0.390. The maximum atomic E-state index is 3.58. The summed E-state index contributed by atoms with van der Waals surface area (Å²) in [7, 11) is 0. The number of hydrogen-bond acceptors (Lipinski definition) is 1. The lowest BCUT2D eigenvalue weighted by Crippen LogP contribution is -2.29. The zero-order chi connectivity index (χ0) is 9.73. The van der Waals surface area contributed by atoms with Crippen LogP contribution in [0, 0.1) is 5.41 Å². The predicted octanol–water partition coefficient (Wildman–Crippen LogP) is 3.34. The van der Waals surface area contributed by atoms with Crippen molar-refractivity contribution in [1.82, 2.24) is 5.32 Å². The fourth-order valence-electron chi connectivity index (χ4n) is 1.86. The molecule has 0 bridgehead atoms. The number of rotatable bonds is 7. The molecule has 0 aromatic carbocycles. The monoisotopic (exact) mass is 183 g/mol. The molecule has 0 atom stereocenters. The number of unbranched alkanes of at least 4 members (excludes halogenated alkanes) is 2. The Balaban J connectivity index is 2.08. The molecule has 1 rings (SSSR count). The van der Waals surface area contributed by atoms with Crippen LogP contribution in [-0.2, 0) is 0 Å². The Hall–Kier alpha value is -0.0400. The molecule has 0 spiro atoms. The summed E-state index contributed by atoms with van der Waals surface area (Å²) in [6.07, 6.45) is 8.61. The number of nitrogens with one attached hydrogen (secondary N) is 1. The second kappa shape index (κ2) is 4.99. The van der Waals surface area contributed by atoms with Gasteiger partial charge in [0.15, 0.2) is 0 Å². The largest absolute Gasteiger partial charge is 0.314 e. The van der Waals surface area contributed by atoms with E-state index < -0.39 is 0 Å². The molecule has 1 nitrogen and oxygen atoms in total. The van der Waals surface area contributed by atoms with Crippen LogP contribution in [0.4, 0.5) is 0 Å². The molecule has 0 amide bonds. The van der Waals surface area contributed by atoms with Gasteiger partial charge in [0.25, 0.3) is 0 Å². The smallest absolute Gasteiger partial charge is 0.00106 e. The van der Waals surface area contributed by atoms with Gasteiger partial charge in [-0.05, 0) is 24.7 Å². The third kappa shape index (κ3) is 4.12. The first-order valence-corrected chi connectivity index (χ1v) is 5.92. The van der Waals surface area contributed by atoms with E-state index in [4.69, 9.17) is 0 Å². The Kier molecular flexibility index (Phi) is 4.24. The molecule has 0 aromatic rings. The fourth-order valence-corrected chi connectivity index (χ4v) is 1.86. The summed E-state index contributed by atoms with van der Waals surface area (Å²) in [5.74, 6) is 0. The van der Waals surface area contributed by atoms with E-state index in [1.165, 1.54) is 45.1 Å².